The summed E-state index contributed by atoms with van der Waals surface area (Å²) < 4.78 is 0. The third kappa shape index (κ3) is 0.910. The van der Waals surface area contributed by atoms with Gasteiger partial charge in [0.25, 0.3) is 0 Å². The molecule has 1 N–H and O–H groups in total. The molecule has 2 aliphatic rings. The molecule has 2 saturated carbocycles. The van der Waals surface area contributed by atoms with Crippen LogP contribution in [-0.4, -0.2) is 11.2 Å². The van der Waals surface area contributed by atoms with Crippen molar-refractivity contribution in [3.63, 3.8) is 0 Å². The smallest absolute Gasteiger partial charge is 0.0577 e. The summed E-state index contributed by atoms with van der Waals surface area (Å²) in [6, 6.07) is 10.7. The van der Waals surface area contributed by atoms with Crippen LogP contribution in [-0.2, 0) is 5.41 Å². The Kier molecular flexibility index (Phi) is 1.37. The van der Waals surface area contributed by atoms with E-state index in [2.05, 4.69) is 30.3 Å². The van der Waals surface area contributed by atoms with Gasteiger partial charge in [-0.15, -0.1) is 0 Å². The second-order valence-corrected chi connectivity index (χ2v) is 4.44. The SMILES string of the molecule is O[C@@H]1CC[C@@]2(c3ccccc3)C[C@@H]12. The first-order chi connectivity index (χ1) is 6.33. The largest absolute Gasteiger partial charge is 0.393 e. The molecular formula is C12H14O. The molecule has 2 fully saturated rings. The van der Waals surface area contributed by atoms with E-state index in [0.29, 0.717) is 11.3 Å². The predicted octanol–water partition coefficient (Wildman–Crippen LogP) is 2.10. The molecule has 1 aromatic rings. The maximum Gasteiger partial charge on any atom is 0.0577 e. The van der Waals surface area contributed by atoms with E-state index < -0.39 is 0 Å². The van der Waals surface area contributed by atoms with E-state index in [-0.39, 0.29) is 6.10 Å². The topological polar surface area (TPSA) is 20.2 Å². The fourth-order valence-corrected chi connectivity index (χ4v) is 2.98. The summed E-state index contributed by atoms with van der Waals surface area (Å²) in [5, 5.41) is 9.67. The van der Waals surface area contributed by atoms with E-state index in [9.17, 15) is 5.11 Å². The van der Waals surface area contributed by atoms with Crippen LogP contribution in [0.5, 0.6) is 0 Å². The Morgan fingerprint density at radius 1 is 1.23 bits per heavy atom. The summed E-state index contributed by atoms with van der Waals surface area (Å²) in [6.07, 6.45) is 3.36. The van der Waals surface area contributed by atoms with E-state index in [1.165, 1.54) is 18.4 Å². The zero-order chi connectivity index (χ0) is 8.89. The number of fused-ring (bicyclic) bond motifs is 1. The molecule has 3 atom stereocenters. The number of aliphatic hydroxyl groups is 1. The van der Waals surface area contributed by atoms with Crippen molar-refractivity contribution in [2.45, 2.75) is 30.8 Å². The van der Waals surface area contributed by atoms with Crippen molar-refractivity contribution in [3.8, 4) is 0 Å². The van der Waals surface area contributed by atoms with Crippen LogP contribution in [0.15, 0.2) is 30.3 Å². The van der Waals surface area contributed by atoms with Crippen molar-refractivity contribution >= 4 is 0 Å². The van der Waals surface area contributed by atoms with Crippen molar-refractivity contribution in [2.75, 3.05) is 0 Å². The van der Waals surface area contributed by atoms with Gasteiger partial charge in [0, 0.05) is 5.41 Å². The Morgan fingerprint density at radius 2 is 2.00 bits per heavy atom. The zero-order valence-corrected chi connectivity index (χ0v) is 7.61. The van der Waals surface area contributed by atoms with Crippen LogP contribution >= 0.6 is 0 Å². The van der Waals surface area contributed by atoms with Crippen LogP contribution in [0.2, 0.25) is 0 Å². The summed E-state index contributed by atoms with van der Waals surface area (Å²) in [5.74, 6) is 0.565. The second kappa shape index (κ2) is 2.36. The van der Waals surface area contributed by atoms with Crippen molar-refractivity contribution in [1.82, 2.24) is 0 Å². The molecule has 0 amide bonds. The highest BCUT2D eigenvalue weighted by Gasteiger charge is 2.61. The maximum absolute atomic E-state index is 9.67. The molecule has 0 aromatic heterocycles. The Labute approximate surface area is 78.4 Å². The molecule has 0 saturated heterocycles. The lowest BCUT2D eigenvalue weighted by Gasteiger charge is -2.10. The predicted molar refractivity (Wildman–Crippen MR) is 51.5 cm³/mol. The minimum absolute atomic E-state index is 0.0276. The number of benzene rings is 1. The first-order valence-corrected chi connectivity index (χ1v) is 5.06. The van der Waals surface area contributed by atoms with Crippen LogP contribution in [0.1, 0.15) is 24.8 Å². The standard InChI is InChI=1S/C12H14O/c13-11-6-7-12(8-10(11)12)9-4-2-1-3-5-9/h1-5,10-11,13H,6-8H2/t10-,11+,12-/m0/s1. The van der Waals surface area contributed by atoms with E-state index in [4.69, 9.17) is 0 Å². The highest BCUT2D eigenvalue weighted by Crippen LogP contribution is 2.64. The minimum Gasteiger partial charge on any atom is -0.393 e. The van der Waals surface area contributed by atoms with Crippen LogP contribution < -0.4 is 0 Å². The molecule has 2 aliphatic carbocycles. The van der Waals surface area contributed by atoms with E-state index in [1.54, 1.807) is 0 Å². The molecule has 0 radical (unpaired) electrons. The van der Waals surface area contributed by atoms with Gasteiger partial charge in [0.05, 0.1) is 6.10 Å². The number of hydrogen-bond donors (Lipinski definition) is 1. The first-order valence-electron chi connectivity index (χ1n) is 5.06. The van der Waals surface area contributed by atoms with Crippen LogP contribution in [0.4, 0.5) is 0 Å². The Bertz CT molecular complexity index is 319. The first kappa shape index (κ1) is 7.57. The van der Waals surface area contributed by atoms with Gasteiger partial charge in [-0.2, -0.15) is 0 Å². The molecule has 13 heavy (non-hydrogen) atoms. The third-order valence-corrected chi connectivity index (χ3v) is 3.83. The van der Waals surface area contributed by atoms with Gasteiger partial charge in [-0.25, -0.2) is 0 Å². The van der Waals surface area contributed by atoms with Gasteiger partial charge in [-0.05, 0) is 30.7 Å². The molecule has 1 nitrogen and oxygen atoms in total. The lowest BCUT2D eigenvalue weighted by molar-refractivity contribution is 0.159. The summed E-state index contributed by atoms with van der Waals surface area (Å²) in [4.78, 5) is 0. The average molecular weight is 174 g/mol. The summed E-state index contributed by atoms with van der Waals surface area (Å²) in [7, 11) is 0. The molecule has 0 bridgehead atoms. The number of hydrogen-bond acceptors (Lipinski definition) is 1. The van der Waals surface area contributed by atoms with E-state index in [0.717, 1.165) is 6.42 Å². The molecule has 68 valence electrons. The van der Waals surface area contributed by atoms with Crippen molar-refractivity contribution < 1.29 is 5.11 Å². The molecule has 3 rings (SSSR count). The summed E-state index contributed by atoms with van der Waals surface area (Å²) in [6.45, 7) is 0. The molecule has 0 aliphatic heterocycles. The normalized spacial score (nSPS) is 41.6. The Morgan fingerprint density at radius 3 is 2.54 bits per heavy atom. The molecule has 0 heterocycles. The molecule has 1 heteroatoms. The molecule has 0 unspecified atom stereocenters. The summed E-state index contributed by atoms with van der Waals surface area (Å²) in [5.41, 5.74) is 1.82. The Hall–Kier alpha value is -0.820. The van der Waals surface area contributed by atoms with Crippen molar-refractivity contribution in [1.29, 1.82) is 0 Å². The lowest BCUT2D eigenvalue weighted by atomic mass is 9.94. The fraction of sp³-hybridized carbons (Fsp3) is 0.500. The van der Waals surface area contributed by atoms with Gasteiger partial charge in [0.1, 0.15) is 0 Å². The minimum atomic E-state index is -0.0276. The Balaban J connectivity index is 1.96. The van der Waals surface area contributed by atoms with Gasteiger partial charge in [-0.1, -0.05) is 30.3 Å². The average Bonchev–Trinajstić information content (AvgIpc) is 2.85. The number of aliphatic hydroxyl groups excluding tert-OH is 1. The van der Waals surface area contributed by atoms with Crippen LogP contribution in [0, 0.1) is 5.92 Å². The lowest BCUT2D eigenvalue weighted by Crippen LogP contribution is -2.06. The van der Waals surface area contributed by atoms with Crippen molar-refractivity contribution in [3.05, 3.63) is 35.9 Å². The summed E-state index contributed by atoms with van der Waals surface area (Å²) >= 11 is 0. The highest BCUT2D eigenvalue weighted by atomic mass is 16.3. The van der Waals surface area contributed by atoms with Gasteiger partial charge in [0.2, 0.25) is 0 Å². The van der Waals surface area contributed by atoms with Gasteiger partial charge in [-0.3, -0.25) is 0 Å². The molecular weight excluding hydrogens is 160 g/mol. The molecule has 0 spiro atoms. The van der Waals surface area contributed by atoms with E-state index >= 15 is 0 Å². The van der Waals surface area contributed by atoms with Crippen LogP contribution in [0.25, 0.3) is 0 Å². The van der Waals surface area contributed by atoms with E-state index in [1.807, 2.05) is 0 Å². The highest BCUT2D eigenvalue weighted by molar-refractivity contribution is 5.36. The fourth-order valence-electron chi connectivity index (χ4n) is 2.98. The number of rotatable bonds is 1. The monoisotopic (exact) mass is 174 g/mol. The van der Waals surface area contributed by atoms with Crippen molar-refractivity contribution in [2.24, 2.45) is 5.92 Å². The maximum atomic E-state index is 9.67. The second-order valence-electron chi connectivity index (χ2n) is 4.44. The van der Waals surface area contributed by atoms with Gasteiger partial charge in [0.15, 0.2) is 0 Å². The van der Waals surface area contributed by atoms with Crippen LogP contribution in [0.3, 0.4) is 0 Å². The third-order valence-electron chi connectivity index (χ3n) is 3.83. The molecule has 1 aromatic carbocycles. The zero-order valence-electron chi connectivity index (χ0n) is 7.61. The van der Waals surface area contributed by atoms with Gasteiger partial charge < -0.3 is 5.11 Å². The quantitative estimate of drug-likeness (QED) is 0.691. The van der Waals surface area contributed by atoms with Gasteiger partial charge >= 0.3 is 0 Å².